The van der Waals surface area contributed by atoms with Crippen LogP contribution in [0.3, 0.4) is 0 Å². The van der Waals surface area contributed by atoms with Crippen LogP contribution in [0.5, 0.6) is 5.75 Å². The van der Waals surface area contributed by atoms with Crippen LogP contribution in [0.4, 0.5) is 0 Å². The Morgan fingerprint density at radius 1 is 1.38 bits per heavy atom. The molecule has 0 fully saturated rings. The van der Waals surface area contributed by atoms with E-state index in [-0.39, 0.29) is 12.1 Å². The van der Waals surface area contributed by atoms with E-state index in [1.165, 1.54) is 10.6 Å². The number of hydrogen-bond donors (Lipinski definition) is 0. The van der Waals surface area contributed by atoms with E-state index in [9.17, 15) is 9.59 Å². The summed E-state index contributed by atoms with van der Waals surface area (Å²) in [5.74, 6) is 0.517. The van der Waals surface area contributed by atoms with Crippen LogP contribution < -0.4 is 16.0 Å². The maximum absolute atomic E-state index is 12.6. The summed E-state index contributed by atoms with van der Waals surface area (Å²) in [6.07, 6.45) is 3.87. The van der Waals surface area contributed by atoms with Crippen molar-refractivity contribution < 1.29 is 4.74 Å². The maximum atomic E-state index is 12.6. The Morgan fingerprint density at radius 3 is 2.67 bits per heavy atom. The van der Waals surface area contributed by atoms with Crippen molar-refractivity contribution in [3.63, 3.8) is 0 Å². The minimum absolute atomic E-state index is 0.156. The number of rotatable bonds is 5. The molecule has 0 aliphatic rings. The molecule has 0 radical (unpaired) electrons. The van der Waals surface area contributed by atoms with Gasteiger partial charge in [-0.3, -0.25) is 13.9 Å². The third-order valence-electron chi connectivity index (χ3n) is 3.36. The molecule has 0 aliphatic carbocycles. The second-order valence-corrected chi connectivity index (χ2v) is 4.64. The number of ether oxygens (including phenoxy) is 1. The number of aromatic nitrogens is 3. The van der Waals surface area contributed by atoms with Crippen molar-refractivity contribution in [1.29, 1.82) is 0 Å². The number of aryl methyl sites for hydroxylation is 2. The molecule has 0 spiro atoms. The second-order valence-electron chi connectivity index (χ2n) is 4.64. The number of hydrogen-bond acceptors (Lipinski definition) is 4. The number of pyridine rings is 1. The molecule has 0 saturated carbocycles. The Morgan fingerprint density at radius 2 is 2.10 bits per heavy atom. The van der Waals surface area contributed by atoms with Crippen molar-refractivity contribution in [3.05, 3.63) is 45.3 Å². The largest absolute Gasteiger partial charge is 0.493 e. The number of allylic oxidation sites excluding steroid dienone is 1. The third-order valence-corrected chi connectivity index (χ3v) is 3.36. The predicted octanol–water partition coefficient (Wildman–Crippen LogP) is 1.24. The van der Waals surface area contributed by atoms with Crippen LogP contribution in [0.15, 0.2) is 28.4 Å². The van der Waals surface area contributed by atoms with Gasteiger partial charge in [-0.1, -0.05) is 13.0 Å². The molecule has 0 aliphatic heterocycles. The van der Waals surface area contributed by atoms with Crippen LogP contribution in [-0.2, 0) is 20.0 Å². The topological polar surface area (TPSA) is 66.1 Å². The van der Waals surface area contributed by atoms with Crippen LogP contribution >= 0.6 is 0 Å². The first-order valence-corrected chi connectivity index (χ1v) is 6.91. The van der Waals surface area contributed by atoms with Gasteiger partial charge in [0.15, 0.2) is 5.65 Å². The monoisotopic (exact) mass is 289 g/mol. The van der Waals surface area contributed by atoms with Crippen molar-refractivity contribution >= 4 is 11.0 Å². The highest BCUT2D eigenvalue weighted by Crippen LogP contribution is 2.25. The average Bonchev–Trinajstić information content (AvgIpc) is 2.49. The molecular formula is C15H19N3O3. The van der Waals surface area contributed by atoms with E-state index in [1.54, 1.807) is 13.2 Å². The molecule has 0 amide bonds. The lowest BCUT2D eigenvalue weighted by molar-refractivity contribution is 0.340. The van der Waals surface area contributed by atoms with Crippen LogP contribution in [0.1, 0.15) is 19.4 Å². The van der Waals surface area contributed by atoms with Crippen molar-refractivity contribution in [2.45, 2.75) is 26.8 Å². The lowest BCUT2D eigenvalue weighted by Gasteiger charge is -2.14. The van der Waals surface area contributed by atoms with E-state index >= 15 is 0 Å². The average molecular weight is 289 g/mol. The summed E-state index contributed by atoms with van der Waals surface area (Å²) < 4.78 is 8.16. The molecule has 0 atom stereocenters. The van der Waals surface area contributed by atoms with Gasteiger partial charge in [0.1, 0.15) is 11.1 Å². The van der Waals surface area contributed by atoms with Gasteiger partial charge in [0.25, 0.3) is 5.56 Å². The van der Waals surface area contributed by atoms with E-state index < -0.39 is 5.69 Å². The minimum atomic E-state index is -0.411. The molecule has 112 valence electrons. The Balaban J connectivity index is 3.01. The van der Waals surface area contributed by atoms with Crippen LogP contribution in [0.25, 0.3) is 11.0 Å². The van der Waals surface area contributed by atoms with Gasteiger partial charge in [0.05, 0.1) is 6.61 Å². The molecule has 0 saturated heterocycles. The van der Waals surface area contributed by atoms with Gasteiger partial charge in [-0.15, -0.1) is 6.58 Å². The summed E-state index contributed by atoms with van der Waals surface area (Å²) >= 11 is 0. The zero-order chi connectivity index (χ0) is 15.6. The highest BCUT2D eigenvalue weighted by atomic mass is 16.5. The van der Waals surface area contributed by atoms with Gasteiger partial charge >= 0.3 is 5.69 Å². The van der Waals surface area contributed by atoms with E-state index in [0.717, 1.165) is 10.1 Å². The Kier molecular flexibility index (Phi) is 4.26. The van der Waals surface area contributed by atoms with E-state index in [1.807, 2.05) is 13.8 Å². The quantitative estimate of drug-likeness (QED) is 0.777. The first kappa shape index (κ1) is 15.0. The van der Waals surface area contributed by atoms with E-state index in [4.69, 9.17) is 4.74 Å². The zero-order valence-corrected chi connectivity index (χ0v) is 12.5. The smallest absolute Gasteiger partial charge is 0.332 e. The normalized spacial score (nSPS) is 10.8. The van der Waals surface area contributed by atoms with Crippen molar-refractivity contribution in [2.24, 2.45) is 7.05 Å². The van der Waals surface area contributed by atoms with Crippen LogP contribution in [0.2, 0.25) is 0 Å². The molecule has 0 unspecified atom stereocenters. The molecule has 0 bridgehead atoms. The van der Waals surface area contributed by atoms with Gasteiger partial charge < -0.3 is 4.74 Å². The SMILES string of the molecule is C=CCn1c(=O)c2c(OCC)c(CC)cnc2n(C)c1=O. The summed E-state index contributed by atoms with van der Waals surface area (Å²) in [5.41, 5.74) is 0.391. The molecule has 6 heteroatoms. The second kappa shape index (κ2) is 5.95. The first-order valence-electron chi connectivity index (χ1n) is 6.91. The molecule has 2 aromatic heterocycles. The van der Waals surface area contributed by atoms with Gasteiger partial charge in [-0.2, -0.15) is 0 Å². The van der Waals surface area contributed by atoms with Gasteiger partial charge in [0.2, 0.25) is 0 Å². The Hall–Kier alpha value is -2.37. The molecule has 2 aromatic rings. The molecule has 6 nitrogen and oxygen atoms in total. The minimum Gasteiger partial charge on any atom is -0.493 e. The summed E-state index contributed by atoms with van der Waals surface area (Å²) in [6.45, 7) is 8.01. The molecular weight excluding hydrogens is 270 g/mol. The highest BCUT2D eigenvalue weighted by Gasteiger charge is 2.18. The molecule has 2 rings (SSSR count). The summed E-state index contributed by atoms with van der Waals surface area (Å²) in [4.78, 5) is 29.1. The highest BCUT2D eigenvalue weighted by molar-refractivity contribution is 5.82. The third kappa shape index (κ3) is 2.37. The fraction of sp³-hybridized carbons (Fsp3) is 0.400. The van der Waals surface area contributed by atoms with E-state index in [2.05, 4.69) is 11.6 Å². The lowest BCUT2D eigenvalue weighted by Crippen LogP contribution is -2.39. The standard InChI is InChI=1S/C15H19N3O3/c1-5-8-18-14(19)11-12(21-7-3)10(6-2)9-16-13(11)17(4)15(18)20/h5,9H,1,6-8H2,2-4H3. The number of nitrogens with zero attached hydrogens (tertiary/aromatic N) is 3. The summed E-state index contributed by atoms with van der Waals surface area (Å²) in [7, 11) is 1.60. The van der Waals surface area contributed by atoms with Crippen molar-refractivity contribution in [1.82, 2.24) is 14.1 Å². The fourth-order valence-corrected chi connectivity index (χ4v) is 2.32. The zero-order valence-electron chi connectivity index (χ0n) is 12.5. The van der Waals surface area contributed by atoms with Crippen molar-refractivity contribution in [2.75, 3.05) is 6.61 Å². The summed E-state index contributed by atoms with van der Waals surface area (Å²) in [5, 5.41) is 0.347. The van der Waals surface area contributed by atoms with Crippen molar-refractivity contribution in [3.8, 4) is 5.75 Å². The maximum Gasteiger partial charge on any atom is 0.332 e. The Bertz CT molecular complexity index is 802. The fourth-order valence-electron chi connectivity index (χ4n) is 2.32. The molecule has 0 N–H and O–H groups in total. The first-order chi connectivity index (χ1) is 10.1. The lowest BCUT2D eigenvalue weighted by atomic mass is 10.1. The summed E-state index contributed by atoms with van der Waals surface area (Å²) in [6, 6.07) is 0. The van der Waals surface area contributed by atoms with Crippen LogP contribution in [-0.4, -0.2) is 20.7 Å². The van der Waals surface area contributed by atoms with E-state index in [0.29, 0.717) is 29.8 Å². The molecule has 21 heavy (non-hydrogen) atoms. The number of fused-ring (bicyclic) bond motifs is 1. The van der Waals surface area contributed by atoms with Gasteiger partial charge in [-0.05, 0) is 13.3 Å². The van der Waals surface area contributed by atoms with Gasteiger partial charge in [0, 0.05) is 25.4 Å². The van der Waals surface area contributed by atoms with Crippen LogP contribution in [0, 0.1) is 0 Å². The molecule has 0 aromatic carbocycles. The van der Waals surface area contributed by atoms with Gasteiger partial charge in [-0.25, -0.2) is 9.78 Å². The molecule has 2 heterocycles. The Labute approximate surface area is 122 Å². The predicted molar refractivity (Wildman–Crippen MR) is 82.0 cm³/mol.